The molecule has 0 radical (unpaired) electrons. The average molecular weight is 407 g/mol. The lowest BCUT2D eigenvalue weighted by molar-refractivity contribution is -0.117. The van der Waals surface area contributed by atoms with Crippen molar-refractivity contribution in [2.24, 2.45) is 5.41 Å². The number of anilines is 1. The Morgan fingerprint density at radius 1 is 1.46 bits per heavy atom. The summed E-state index contributed by atoms with van der Waals surface area (Å²) >= 11 is 0. The summed E-state index contributed by atoms with van der Waals surface area (Å²) in [4.78, 5) is 19.3. The molecule has 2 N–H and O–H groups in total. The van der Waals surface area contributed by atoms with E-state index in [1.165, 1.54) is 6.20 Å². The first kappa shape index (κ1) is 18.2. The molecule has 0 bridgehead atoms. The number of aromatic nitrogens is 2. The van der Waals surface area contributed by atoms with Gasteiger partial charge >= 0.3 is 16.2 Å². The van der Waals surface area contributed by atoms with Gasteiger partial charge in [-0.1, -0.05) is 0 Å². The van der Waals surface area contributed by atoms with Gasteiger partial charge in [0.2, 0.25) is 0 Å². The zero-order valence-electron chi connectivity index (χ0n) is 14.3. The molecule has 2 heterocycles. The molecule has 1 aromatic heterocycles. The Morgan fingerprint density at radius 2 is 2.21 bits per heavy atom. The Labute approximate surface area is 158 Å². The summed E-state index contributed by atoms with van der Waals surface area (Å²) in [6.07, 6.45) is 3.25. The number of carbonyl (C=O) groups excluding carboxylic acids is 1. The van der Waals surface area contributed by atoms with E-state index in [1.54, 1.807) is 4.72 Å². The van der Waals surface area contributed by atoms with Gasteiger partial charge in [-0.3, -0.25) is 4.79 Å². The number of hydrogen-bond donors (Lipinski definition) is 2. The zero-order valence-corrected chi connectivity index (χ0v) is 15.2. The molecule has 1 saturated carbocycles. The maximum atomic E-state index is 15.0. The zero-order chi connectivity index (χ0) is 20.1. The monoisotopic (exact) mass is 407 g/mol. The van der Waals surface area contributed by atoms with Gasteiger partial charge < -0.3 is 9.84 Å². The third-order valence-electron chi connectivity index (χ3n) is 4.73. The number of nitrogens with one attached hydrogen (secondary N) is 1. The number of hydrogen-bond acceptors (Lipinski definition) is 8. The number of carbonyl (C=O) groups is 1. The third kappa shape index (κ3) is 3.03. The normalized spacial score (nSPS) is 19.3. The van der Waals surface area contributed by atoms with Crippen molar-refractivity contribution >= 4 is 32.7 Å². The van der Waals surface area contributed by atoms with Gasteiger partial charge in [-0.05, 0) is 18.9 Å². The second kappa shape index (κ2) is 6.16. The van der Waals surface area contributed by atoms with Crippen molar-refractivity contribution in [3.63, 3.8) is 0 Å². The molecule has 4 rings (SSSR count). The molecule has 0 unspecified atom stereocenters. The van der Waals surface area contributed by atoms with Gasteiger partial charge in [0.25, 0.3) is 5.91 Å². The van der Waals surface area contributed by atoms with Crippen LogP contribution in [-0.4, -0.2) is 42.6 Å². The number of phenols is 1. The highest BCUT2D eigenvalue weighted by Gasteiger charge is 2.43. The Bertz CT molecular complexity index is 1140. The minimum Gasteiger partial charge on any atom is -0.506 e. The van der Waals surface area contributed by atoms with Crippen LogP contribution in [0.3, 0.4) is 0 Å². The topological polar surface area (TPSA) is 146 Å². The number of phenolic OH excluding ortho intramolecular Hbond substituents is 1. The first-order valence-corrected chi connectivity index (χ1v) is 9.70. The van der Waals surface area contributed by atoms with Gasteiger partial charge in [0.15, 0.2) is 5.82 Å². The molecule has 28 heavy (non-hydrogen) atoms. The fraction of sp³-hybridized carbons (Fsp3) is 0.375. The van der Waals surface area contributed by atoms with Crippen LogP contribution in [-0.2, 0) is 15.0 Å². The summed E-state index contributed by atoms with van der Waals surface area (Å²) in [6, 6.07) is 3.07. The lowest BCUT2D eigenvalue weighted by Crippen LogP contribution is -2.30. The van der Waals surface area contributed by atoms with Crippen molar-refractivity contribution in [3.05, 3.63) is 18.1 Å². The van der Waals surface area contributed by atoms with E-state index in [4.69, 9.17) is 10.00 Å². The predicted octanol–water partition coefficient (Wildman–Crippen LogP) is 0.728. The average Bonchev–Trinajstić information content (AvgIpc) is 3.33. The number of nitriles is 1. The number of fused-ring (bicyclic) bond motifs is 1. The molecule has 10 nitrogen and oxygen atoms in total. The highest BCUT2D eigenvalue weighted by atomic mass is 32.2. The number of amides is 1. The Balaban J connectivity index is 1.71. The van der Waals surface area contributed by atoms with Gasteiger partial charge in [0, 0.05) is 23.4 Å². The van der Waals surface area contributed by atoms with E-state index in [0.29, 0.717) is 10.7 Å². The van der Waals surface area contributed by atoms with Crippen LogP contribution in [0.1, 0.15) is 19.3 Å². The quantitative estimate of drug-likeness (QED) is 0.738. The minimum atomic E-state index is -4.31. The fourth-order valence-corrected chi connectivity index (χ4v) is 4.15. The standard InChI is InChI=1S/C16H14FN5O5S/c17-12-13-9(5-10(23)14(12)22-7-11(24)21-28(22,25)26)6-19-15(20-13)27-8-16(1-2-16)3-4-18/h5-6,23H,1-3,7-8H2,(H,21,24). The molecule has 1 aliphatic heterocycles. The molecule has 0 atom stereocenters. The molecule has 146 valence electrons. The second-order valence-electron chi connectivity index (χ2n) is 6.81. The van der Waals surface area contributed by atoms with Crippen LogP contribution in [0, 0.1) is 22.6 Å². The van der Waals surface area contributed by atoms with Crippen LogP contribution >= 0.6 is 0 Å². The van der Waals surface area contributed by atoms with Crippen LogP contribution in [0.2, 0.25) is 0 Å². The summed E-state index contributed by atoms with van der Waals surface area (Å²) in [6.45, 7) is -0.457. The molecule has 1 aliphatic carbocycles. The summed E-state index contributed by atoms with van der Waals surface area (Å²) in [5.41, 5.74) is -1.18. The third-order valence-corrected chi connectivity index (χ3v) is 6.11. The fourth-order valence-electron chi connectivity index (χ4n) is 2.98. The molecular formula is C16H14FN5O5S. The number of benzene rings is 1. The van der Waals surface area contributed by atoms with E-state index < -0.39 is 39.9 Å². The Morgan fingerprint density at radius 3 is 2.82 bits per heavy atom. The summed E-state index contributed by atoms with van der Waals surface area (Å²) in [5, 5.41) is 19.1. The highest BCUT2D eigenvalue weighted by Crippen LogP contribution is 2.48. The molecule has 2 fully saturated rings. The smallest absolute Gasteiger partial charge is 0.326 e. The maximum Gasteiger partial charge on any atom is 0.326 e. The van der Waals surface area contributed by atoms with E-state index in [1.807, 2.05) is 0 Å². The van der Waals surface area contributed by atoms with E-state index in [-0.39, 0.29) is 28.9 Å². The molecule has 2 aliphatic rings. The number of aromatic hydroxyl groups is 1. The number of ether oxygens (including phenoxy) is 1. The Hall–Kier alpha value is -3.20. The van der Waals surface area contributed by atoms with Crippen molar-refractivity contribution in [2.45, 2.75) is 19.3 Å². The lowest BCUT2D eigenvalue weighted by atomic mass is 10.1. The first-order chi connectivity index (χ1) is 13.2. The van der Waals surface area contributed by atoms with E-state index in [2.05, 4.69) is 16.0 Å². The van der Waals surface area contributed by atoms with Gasteiger partial charge in [0.1, 0.15) is 23.5 Å². The van der Waals surface area contributed by atoms with Gasteiger partial charge in [0.05, 0.1) is 12.7 Å². The van der Waals surface area contributed by atoms with Gasteiger partial charge in [-0.25, -0.2) is 18.4 Å². The van der Waals surface area contributed by atoms with Crippen LogP contribution in [0.15, 0.2) is 12.3 Å². The van der Waals surface area contributed by atoms with Crippen LogP contribution < -0.4 is 13.8 Å². The van der Waals surface area contributed by atoms with Crippen LogP contribution in [0.5, 0.6) is 11.8 Å². The van der Waals surface area contributed by atoms with E-state index in [9.17, 15) is 18.3 Å². The Kier molecular flexibility index (Phi) is 4.00. The van der Waals surface area contributed by atoms with E-state index in [0.717, 1.165) is 18.9 Å². The van der Waals surface area contributed by atoms with Crippen molar-refractivity contribution in [3.8, 4) is 17.8 Å². The number of nitrogens with zero attached hydrogens (tertiary/aromatic N) is 4. The minimum absolute atomic E-state index is 0.125. The molecule has 1 saturated heterocycles. The SMILES string of the molecule is N#CCC1(COc2ncc3cc(O)c(N4CC(=O)NS4(=O)=O)c(F)c3n2)CC1. The lowest BCUT2D eigenvalue weighted by Gasteiger charge is -2.18. The highest BCUT2D eigenvalue weighted by molar-refractivity contribution is 7.92. The van der Waals surface area contributed by atoms with Crippen molar-refractivity contribution in [2.75, 3.05) is 17.5 Å². The van der Waals surface area contributed by atoms with Crippen LogP contribution in [0.25, 0.3) is 10.9 Å². The molecule has 1 amide bonds. The summed E-state index contributed by atoms with van der Waals surface area (Å²) in [7, 11) is -4.31. The molecule has 2 aromatic rings. The maximum absolute atomic E-state index is 15.0. The molecule has 1 aromatic carbocycles. The largest absolute Gasteiger partial charge is 0.506 e. The second-order valence-corrected chi connectivity index (χ2v) is 8.40. The van der Waals surface area contributed by atoms with Gasteiger partial charge in [-0.15, -0.1) is 0 Å². The predicted molar refractivity (Wildman–Crippen MR) is 93.0 cm³/mol. The first-order valence-electron chi connectivity index (χ1n) is 8.26. The van der Waals surface area contributed by atoms with E-state index >= 15 is 4.39 Å². The van der Waals surface area contributed by atoms with Crippen LogP contribution in [0.4, 0.5) is 10.1 Å². The van der Waals surface area contributed by atoms with Gasteiger partial charge in [-0.2, -0.15) is 18.7 Å². The summed E-state index contributed by atoms with van der Waals surface area (Å²) < 4.78 is 46.7. The van der Waals surface area contributed by atoms with Crippen molar-refractivity contribution in [1.82, 2.24) is 14.7 Å². The number of rotatable bonds is 5. The molecule has 0 spiro atoms. The number of halogens is 1. The summed E-state index contributed by atoms with van der Waals surface area (Å²) in [5.74, 6) is -2.65. The van der Waals surface area contributed by atoms with Crippen molar-refractivity contribution < 1.29 is 27.4 Å². The molecule has 12 heteroatoms. The van der Waals surface area contributed by atoms with Crippen molar-refractivity contribution in [1.29, 1.82) is 5.26 Å². The molecular weight excluding hydrogens is 393 g/mol.